The number of hydrogen-bond acceptors (Lipinski definition) is 5. The van der Waals surface area contributed by atoms with Crippen molar-refractivity contribution in [1.82, 2.24) is 4.98 Å². The summed E-state index contributed by atoms with van der Waals surface area (Å²) in [5, 5.41) is 2.69. The van der Waals surface area contributed by atoms with Gasteiger partial charge >= 0.3 is 13.3 Å². The molecule has 1 aromatic heterocycles. The predicted molar refractivity (Wildman–Crippen MR) is 105 cm³/mol. The van der Waals surface area contributed by atoms with Gasteiger partial charge in [0.1, 0.15) is 23.4 Å². The number of hydrogen-bond donors (Lipinski definition) is 2. The molecule has 2 heterocycles. The van der Waals surface area contributed by atoms with Gasteiger partial charge in [-0.25, -0.2) is 4.39 Å². The largest absolute Gasteiger partial charge is 0.435 e. The Bertz CT molecular complexity index is 901. The van der Waals surface area contributed by atoms with E-state index in [1.807, 2.05) is 6.92 Å². The third kappa shape index (κ3) is 11.7. The summed E-state index contributed by atoms with van der Waals surface area (Å²) in [4.78, 5) is 26.6. The average molecular weight is 481 g/mol. The van der Waals surface area contributed by atoms with Crippen molar-refractivity contribution in [2.75, 3.05) is 5.32 Å². The maximum absolute atomic E-state index is 12.3. The van der Waals surface area contributed by atoms with Crippen molar-refractivity contribution in [2.45, 2.75) is 45.3 Å². The number of nitrogens with one attached hydrogen (secondary N) is 1. The number of carbonyl (C=O) groups is 2. The van der Waals surface area contributed by atoms with Crippen molar-refractivity contribution < 1.29 is 45.4 Å². The lowest BCUT2D eigenvalue weighted by Crippen LogP contribution is -2.28. The minimum Gasteiger partial charge on any atom is -0.435 e. The second kappa shape index (κ2) is 13.9. The summed E-state index contributed by atoms with van der Waals surface area (Å²) in [5.41, 5.74) is 5.73. The van der Waals surface area contributed by atoms with Gasteiger partial charge in [0.05, 0.1) is 6.10 Å². The van der Waals surface area contributed by atoms with Crippen molar-refractivity contribution in [3.05, 3.63) is 54.1 Å². The molecular weight excluding hydrogens is 460 g/mol. The lowest BCUT2D eigenvalue weighted by Gasteiger charge is -2.11. The molecule has 0 aliphatic carbocycles. The van der Waals surface area contributed by atoms with E-state index in [0.717, 1.165) is 18.6 Å². The second-order valence-electron chi connectivity index (χ2n) is 6.38. The summed E-state index contributed by atoms with van der Waals surface area (Å²) in [6.45, 7) is -4.64. The van der Waals surface area contributed by atoms with Crippen molar-refractivity contribution in [1.29, 1.82) is 0 Å². The number of pyridine rings is 1. The summed E-state index contributed by atoms with van der Waals surface area (Å²) in [5.74, 6) is -1.60. The molecule has 2 amide bonds. The molecule has 0 radical (unpaired) electrons. The Morgan fingerprint density at radius 1 is 1.15 bits per heavy atom. The number of amides is 2. The van der Waals surface area contributed by atoms with Crippen LogP contribution in [0, 0.1) is 5.82 Å². The van der Waals surface area contributed by atoms with E-state index in [4.69, 9.17) is 10.5 Å². The number of nitrogens with zero attached hydrogens (tertiary/aromatic N) is 1. The first-order chi connectivity index (χ1) is 15.5. The maximum Gasteiger partial charge on any atom is 0.387 e. The Morgan fingerprint density at radius 3 is 2.33 bits per heavy atom. The summed E-state index contributed by atoms with van der Waals surface area (Å²) in [6.07, 6.45) is 2.69. The maximum atomic E-state index is 12.3. The topological polar surface area (TPSA) is 104 Å². The van der Waals surface area contributed by atoms with Crippen LogP contribution in [0.1, 0.15) is 30.3 Å². The van der Waals surface area contributed by atoms with Crippen LogP contribution in [-0.2, 0) is 9.53 Å². The first-order valence-corrected chi connectivity index (χ1v) is 9.32. The summed E-state index contributed by atoms with van der Waals surface area (Å²) >= 11 is 0. The first kappa shape index (κ1) is 27.7. The highest BCUT2D eigenvalue weighted by Crippen LogP contribution is 2.20. The van der Waals surface area contributed by atoms with E-state index < -0.39 is 31.1 Å². The minimum absolute atomic E-state index is 0.111. The number of halogens is 6. The molecule has 0 unspecified atom stereocenters. The van der Waals surface area contributed by atoms with Crippen LogP contribution in [0.25, 0.3) is 0 Å². The van der Waals surface area contributed by atoms with Gasteiger partial charge in [-0.05, 0) is 44.0 Å². The number of anilines is 1. The molecule has 1 aliphatic heterocycles. The standard InChI is InChI=1S/C12H15N3O3.C7H5F3O.CHF3/c1-7-2-3-10(18-7)12(17)15-8-4-5-14-9(6-8)11(13)16;8-5-2-1-3-6(4-5)11-7(9)10;2-1(3)4/h4-7,10H,2-3H2,1H3,(H2,13,16)(H,14,15,17);1-4,7H;1H/t7-,10-;;/m1../s1. The number of benzene rings is 1. The third-order valence-corrected chi connectivity index (χ3v) is 3.83. The quantitative estimate of drug-likeness (QED) is 0.621. The number of ether oxygens (including phenoxy) is 2. The van der Waals surface area contributed by atoms with E-state index in [1.165, 1.54) is 24.4 Å². The Morgan fingerprint density at radius 2 is 1.82 bits per heavy atom. The molecule has 7 nitrogen and oxygen atoms in total. The van der Waals surface area contributed by atoms with Gasteiger partial charge in [0.25, 0.3) is 11.8 Å². The van der Waals surface area contributed by atoms with Crippen LogP contribution in [0.4, 0.5) is 32.0 Å². The molecule has 13 heteroatoms. The minimum atomic E-state index is -3.67. The third-order valence-electron chi connectivity index (χ3n) is 3.83. The van der Waals surface area contributed by atoms with Gasteiger partial charge in [-0.3, -0.25) is 14.6 Å². The van der Waals surface area contributed by atoms with Crippen LogP contribution < -0.4 is 15.8 Å². The zero-order valence-corrected chi connectivity index (χ0v) is 17.2. The lowest BCUT2D eigenvalue weighted by molar-refractivity contribution is -0.126. The molecule has 2 atom stereocenters. The summed E-state index contributed by atoms with van der Waals surface area (Å²) in [6, 6.07) is 7.65. The molecular formula is C20H21F6N3O4. The molecule has 1 fully saturated rings. The molecule has 0 saturated carbocycles. The molecule has 3 N–H and O–H groups in total. The fraction of sp³-hybridized carbons (Fsp3) is 0.350. The first-order valence-electron chi connectivity index (χ1n) is 9.32. The number of primary amides is 1. The van der Waals surface area contributed by atoms with Crippen molar-refractivity contribution in [2.24, 2.45) is 5.73 Å². The van der Waals surface area contributed by atoms with E-state index in [2.05, 4.69) is 15.0 Å². The molecule has 2 aromatic rings. The van der Waals surface area contributed by atoms with Crippen LogP contribution in [0.15, 0.2) is 42.6 Å². The Kier molecular flexibility index (Phi) is 11.7. The number of alkyl halides is 5. The van der Waals surface area contributed by atoms with Crippen LogP contribution in [0.2, 0.25) is 0 Å². The summed E-state index contributed by atoms with van der Waals surface area (Å²) in [7, 11) is 0. The number of aromatic nitrogens is 1. The van der Waals surface area contributed by atoms with Crippen LogP contribution in [-0.4, -0.2) is 42.3 Å². The van der Waals surface area contributed by atoms with E-state index in [1.54, 1.807) is 6.07 Å². The molecule has 3 rings (SSSR count). The normalized spacial score (nSPS) is 16.9. The van der Waals surface area contributed by atoms with Gasteiger partial charge in [-0.2, -0.15) is 22.0 Å². The highest BCUT2D eigenvalue weighted by atomic mass is 19.4. The van der Waals surface area contributed by atoms with E-state index in [9.17, 15) is 35.9 Å². The Labute approximate surface area is 184 Å². The number of carbonyl (C=O) groups excluding carboxylic acids is 2. The van der Waals surface area contributed by atoms with Crippen LogP contribution >= 0.6 is 0 Å². The van der Waals surface area contributed by atoms with E-state index >= 15 is 0 Å². The van der Waals surface area contributed by atoms with Gasteiger partial charge in [-0.1, -0.05) is 6.07 Å². The molecule has 1 saturated heterocycles. The van der Waals surface area contributed by atoms with Gasteiger partial charge in [0.2, 0.25) is 0 Å². The summed E-state index contributed by atoms with van der Waals surface area (Å²) < 4.78 is 73.7. The fourth-order valence-corrected chi connectivity index (χ4v) is 2.50. The van der Waals surface area contributed by atoms with Gasteiger partial charge in [0.15, 0.2) is 0 Å². The monoisotopic (exact) mass is 481 g/mol. The zero-order valence-electron chi connectivity index (χ0n) is 17.2. The van der Waals surface area contributed by atoms with Gasteiger partial charge < -0.3 is 20.5 Å². The van der Waals surface area contributed by atoms with Crippen LogP contribution in [0.3, 0.4) is 0 Å². The highest BCUT2D eigenvalue weighted by molar-refractivity contribution is 5.96. The van der Waals surface area contributed by atoms with Gasteiger partial charge in [0, 0.05) is 18.0 Å². The highest BCUT2D eigenvalue weighted by Gasteiger charge is 2.28. The van der Waals surface area contributed by atoms with E-state index in [-0.39, 0.29) is 23.5 Å². The van der Waals surface area contributed by atoms with E-state index in [0.29, 0.717) is 12.1 Å². The molecule has 33 heavy (non-hydrogen) atoms. The molecule has 182 valence electrons. The molecule has 1 aliphatic rings. The molecule has 0 bridgehead atoms. The zero-order chi connectivity index (χ0) is 25.0. The number of nitrogens with two attached hydrogens (primary N) is 1. The predicted octanol–water partition coefficient (Wildman–Crippen LogP) is 4.29. The number of rotatable bonds is 5. The Balaban J connectivity index is 0.000000309. The van der Waals surface area contributed by atoms with Crippen LogP contribution in [0.5, 0.6) is 5.75 Å². The molecule has 1 aromatic carbocycles. The SMILES string of the molecule is C[C@@H]1CC[C@H](C(=O)Nc2ccnc(C(N)=O)c2)O1.FC(F)F.Fc1cccc(OC(F)F)c1. The van der Waals surface area contributed by atoms with Crippen molar-refractivity contribution in [3.63, 3.8) is 0 Å². The second-order valence-corrected chi connectivity index (χ2v) is 6.38. The molecule has 0 spiro atoms. The average Bonchev–Trinajstić information content (AvgIpc) is 3.14. The smallest absolute Gasteiger partial charge is 0.387 e. The van der Waals surface area contributed by atoms with Gasteiger partial charge in [-0.15, -0.1) is 0 Å². The Hall–Kier alpha value is -3.35. The van der Waals surface area contributed by atoms with Crippen molar-refractivity contribution >= 4 is 17.5 Å². The fourth-order valence-electron chi connectivity index (χ4n) is 2.50. The van der Waals surface area contributed by atoms with Crippen molar-refractivity contribution in [3.8, 4) is 5.75 Å². The lowest BCUT2D eigenvalue weighted by atomic mass is 10.2.